The number of hydrogen-bond donors (Lipinski definition) is 0. The van der Waals surface area contributed by atoms with Gasteiger partial charge in [-0.1, -0.05) is 54.7 Å². The molecule has 0 saturated carbocycles. The van der Waals surface area contributed by atoms with Crippen LogP contribution in [-0.4, -0.2) is 18.0 Å². The minimum atomic E-state index is -1.73. The largest absolute Gasteiger partial charge is 0.438 e. The van der Waals surface area contributed by atoms with Crippen LogP contribution in [0.25, 0.3) is 33.3 Å². The lowest BCUT2D eigenvalue weighted by molar-refractivity contribution is 0.654. The Morgan fingerprint density at radius 1 is 0.750 bits per heavy atom. The molecule has 0 amide bonds. The predicted molar refractivity (Wildman–Crippen MR) is 118 cm³/mol. The molecule has 136 valence electrons. The van der Waals surface area contributed by atoms with Crippen LogP contribution in [0.3, 0.4) is 0 Å². The molecule has 0 unspecified atom stereocenters. The van der Waals surface area contributed by atoms with Crippen LogP contribution in [-0.2, 0) is 0 Å². The number of pyridine rings is 2. The van der Waals surface area contributed by atoms with Crippen LogP contribution >= 0.6 is 0 Å². The van der Waals surface area contributed by atoms with Crippen molar-refractivity contribution in [3.05, 3.63) is 85.2 Å². The van der Waals surface area contributed by atoms with Gasteiger partial charge in [0.25, 0.3) is 0 Å². The third-order valence-electron chi connectivity index (χ3n) is 5.52. The normalized spacial score (nSPS) is 11.9. The van der Waals surface area contributed by atoms with Crippen molar-refractivity contribution in [2.45, 2.75) is 13.1 Å². The monoisotopic (exact) mass is 380 g/mol. The summed E-state index contributed by atoms with van der Waals surface area (Å²) in [5, 5.41) is 4.86. The Bertz CT molecular complexity index is 1270. The van der Waals surface area contributed by atoms with Gasteiger partial charge in [-0.2, -0.15) is 0 Å². The Labute approximate surface area is 164 Å². The molecule has 5 rings (SSSR count). The van der Waals surface area contributed by atoms with E-state index in [1.165, 1.54) is 10.4 Å². The summed E-state index contributed by atoms with van der Waals surface area (Å²) in [5.74, 6) is 0. The lowest BCUT2D eigenvalue weighted by Gasteiger charge is -2.23. The van der Waals surface area contributed by atoms with Gasteiger partial charge in [0.05, 0.1) is 5.69 Å². The number of furan rings is 1. The fraction of sp³-hybridized carbons (Fsp3) is 0.0833. The Morgan fingerprint density at radius 3 is 2.39 bits per heavy atom. The number of aromatic nitrogens is 2. The molecule has 0 saturated heterocycles. The van der Waals surface area contributed by atoms with E-state index >= 15 is 0 Å². The van der Waals surface area contributed by atoms with Crippen molar-refractivity contribution in [1.29, 1.82) is 0 Å². The van der Waals surface area contributed by atoms with E-state index in [4.69, 9.17) is 9.40 Å². The summed E-state index contributed by atoms with van der Waals surface area (Å²) in [4.78, 5) is 9.11. The third-order valence-corrected chi connectivity index (χ3v) is 9.04. The van der Waals surface area contributed by atoms with E-state index in [-0.39, 0.29) is 0 Å². The second-order valence-corrected chi connectivity index (χ2v) is 12.0. The number of rotatable bonds is 3. The van der Waals surface area contributed by atoms with Crippen LogP contribution in [0.5, 0.6) is 0 Å². The highest BCUT2D eigenvalue weighted by molar-refractivity contribution is 7.00. The molecule has 3 aromatic heterocycles. The van der Waals surface area contributed by atoms with E-state index in [0.29, 0.717) is 5.71 Å². The molecule has 0 spiro atoms. The molecule has 0 atom stereocenters. The van der Waals surface area contributed by atoms with Crippen molar-refractivity contribution in [2.24, 2.45) is 0 Å². The van der Waals surface area contributed by atoms with E-state index in [1.54, 1.807) is 6.20 Å². The van der Waals surface area contributed by atoms with Crippen molar-refractivity contribution < 1.29 is 4.42 Å². The van der Waals surface area contributed by atoms with Crippen molar-refractivity contribution in [3.8, 4) is 11.3 Å². The average molecular weight is 381 g/mol. The SMILES string of the molecule is C[Si](C)(c1ccccc1)c1ccc(-c2ccc3oc4ncccc4c3c2)nc1. The van der Waals surface area contributed by atoms with Crippen LogP contribution in [0, 0.1) is 0 Å². The maximum absolute atomic E-state index is 5.83. The highest BCUT2D eigenvalue weighted by atomic mass is 28.3. The quantitative estimate of drug-likeness (QED) is 0.419. The van der Waals surface area contributed by atoms with Crippen LogP contribution in [0.15, 0.2) is 89.6 Å². The van der Waals surface area contributed by atoms with Crippen molar-refractivity contribution in [1.82, 2.24) is 9.97 Å². The zero-order valence-corrected chi connectivity index (χ0v) is 16.9. The lowest BCUT2D eigenvalue weighted by atomic mass is 10.1. The molecular weight excluding hydrogens is 360 g/mol. The molecule has 3 heterocycles. The van der Waals surface area contributed by atoms with Gasteiger partial charge in [-0.05, 0) is 41.6 Å². The van der Waals surface area contributed by atoms with Gasteiger partial charge in [-0.25, -0.2) is 4.98 Å². The van der Waals surface area contributed by atoms with E-state index < -0.39 is 8.07 Å². The van der Waals surface area contributed by atoms with Gasteiger partial charge in [-0.15, -0.1) is 0 Å². The molecule has 2 aromatic carbocycles. The van der Waals surface area contributed by atoms with Crippen LogP contribution in [0.1, 0.15) is 0 Å². The van der Waals surface area contributed by atoms with Crippen LogP contribution in [0.4, 0.5) is 0 Å². The summed E-state index contributed by atoms with van der Waals surface area (Å²) in [7, 11) is -1.73. The van der Waals surface area contributed by atoms with Gasteiger partial charge in [0.15, 0.2) is 0 Å². The molecular formula is C24H20N2OSi. The van der Waals surface area contributed by atoms with Gasteiger partial charge in [0.1, 0.15) is 13.7 Å². The van der Waals surface area contributed by atoms with E-state index in [9.17, 15) is 0 Å². The van der Waals surface area contributed by atoms with E-state index in [1.807, 2.05) is 24.4 Å². The number of nitrogens with zero attached hydrogens (tertiary/aromatic N) is 2. The van der Waals surface area contributed by atoms with E-state index in [2.05, 4.69) is 72.7 Å². The standard InChI is InChI=1S/C24H20N2OSi/c1-28(2,18-7-4-3-5-8-18)19-11-12-22(26-16-19)17-10-13-23-21(15-17)20-9-6-14-25-24(20)27-23/h3-16H,1-2H3. The zero-order valence-electron chi connectivity index (χ0n) is 15.9. The first kappa shape index (κ1) is 16.9. The van der Waals surface area contributed by atoms with Gasteiger partial charge in [-0.3, -0.25) is 4.98 Å². The Balaban J connectivity index is 1.55. The predicted octanol–water partition coefficient (Wildman–Crippen LogP) is 4.87. The Morgan fingerprint density at radius 2 is 1.61 bits per heavy atom. The minimum absolute atomic E-state index is 0.675. The molecule has 0 radical (unpaired) electrons. The average Bonchev–Trinajstić information content (AvgIpc) is 3.12. The zero-order chi connectivity index (χ0) is 19.1. The van der Waals surface area contributed by atoms with Crippen molar-refractivity contribution in [2.75, 3.05) is 0 Å². The first-order valence-electron chi connectivity index (χ1n) is 9.43. The summed E-state index contributed by atoms with van der Waals surface area (Å²) < 4.78 is 5.83. The fourth-order valence-electron chi connectivity index (χ4n) is 3.73. The van der Waals surface area contributed by atoms with E-state index in [0.717, 1.165) is 27.6 Å². The maximum atomic E-state index is 5.83. The van der Waals surface area contributed by atoms with Gasteiger partial charge in [0, 0.05) is 28.7 Å². The summed E-state index contributed by atoms with van der Waals surface area (Å²) >= 11 is 0. The molecule has 28 heavy (non-hydrogen) atoms. The molecule has 0 N–H and O–H groups in total. The first-order chi connectivity index (χ1) is 13.6. The molecule has 5 aromatic rings. The first-order valence-corrected chi connectivity index (χ1v) is 12.4. The number of hydrogen-bond acceptors (Lipinski definition) is 3. The summed E-state index contributed by atoms with van der Waals surface area (Å²) in [5.41, 5.74) is 3.59. The minimum Gasteiger partial charge on any atom is -0.438 e. The molecule has 0 aliphatic carbocycles. The van der Waals surface area contributed by atoms with Gasteiger partial charge in [0.2, 0.25) is 5.71 Å². The second kappa shape index (κ2) is 6.43. The topological polar surface area (TPSA) is 38.9 Å². The van der Waals surface area contributed by atoms with Gasteiger partial charge >= 0.3 is 0 Å². The molecule has 0 aliphatic rings. The second-order valence-electron chi connectivity index (χ2n) is 7.59. The smallest absolute Gasteiger partial charge is 0.227 e. The van der Waals surface area contributed by atoms with Gasteiger partial charge < -0.3 is 4.42 Å². The van der Waals surface area contributed by atoms with Crippen molar-refractivity contribution in [3.63, 3.8) is 0 Å². The molecule has 3 nitrogen and oxygen atoms in total. The maximum Gasteiger partial charge on any atom is 0.227 e. The summed E-state index contributed by atoms with van der Waals surface area (Å²) in [6, 6.07) is 25.3. The lowest BCUT2D eigenvalue weighted by Crippen LogP contribution is -2.52. The highest BCUT2D eigenvalue weighted by Gasteiger charge is 2.26. The molecule has 4 heteroatoms. The molecule has 0 aliphatic heterocycles. The van der Waals surface area contributed by atoms with Crippen molar-refractivity contribution >= 4 is 40.5 Å². The molecule has 0 bridgehead atoms. The van der Waals surface area contributed by atoms with Crippen LogP contribution < -0.4 is 10.4 Å². The Hall–Kier alpha value is -3.24. The fourth-order valence-corrected chi connectivity index (χ4v) is 5.97. The summed E-state index contributed by atoms with van der Waals surface area (Å²) in [6.45, 7) is 4.74. The van der Waals surface area contributed by atoms with Crippen LogP contribution in [0.2, 0.25) is 13.1 Å². The molecule has 0 fully saturated rings. The number of fused-ring (bicyclic) bond motifs is 3. The summed E-state index contributed by atoms with van der Waals surface area (Å²) in [6.07, 6.45) is 3.80. The third kappa shape index (κ3) is 2.74. The highest BCUT2D eigenvalue weighted by Crippen LogP contribution is 2.30. The Kier molecular flexibility index (Phi) is 3.88. The number of benzene rings is 2.